The number of carbonyl (C=O) groups excluding carboxylic acids is 1. The zero-order valence-corrected chi connectivity index (χ0v) is 15.5. The van der Waals surface area contributed by atoms with Crippen LogP contribution >= 0.6 is 0 Å². The molecule has 28 heavy (non-hydrogen) atoms. The minimum atomic E-state index is -4.26. The predicted octanol–water partition coefficient (Wildman–Crippen LogP) is 3.24. The van der Waals surface area contributed by atoms with Gasteiger partial charge in [0.25, 0.3) is 5.91 Å². The Morgan fingerprint density at radius 3 is 2.46 bits per heavy atom. The van der Waals surface area contributed by atoms with Gasteiger partial charge < -0.3 is 10.4 Å². The third-order valence-electron chi connectivity index (χ3n) is 5.43. The highest BCUT2D eigenvalue weighted by molar-refractivity contribution is 5.96. The van der Waals surface area contributed by atoms with E-state index in [1.165, 1.54) is 0 Å². The Morgan fingerprint density at radius 1 is 1.18 bits per heavy atom. The molecule has 0 aliphatic heterocycles. The van der Waals surface area contributed by atoms with Gasteiger partial charge in [-0.25, -0.2) is 0 Å². The van der Waals surface area contributed by atoms with E-state index in [4.69, 9.17) is 5.11 Å². The second-order valence-electron chi connectivity index (χ2n) is 7.83. The van der Waals surface area contributed by atoms with Crippen LogP contribution in [0.25, 0.3) is 0 Å². The Hall–Kier alpha value is -2.09. The highest BCUT2D eigenvalue weighted by atomic mass is 19.4. The molecular weight excluding hydrogens is 373 g/mol. The van der Waals surface area contributed by atoms with Gasteiger partial charge in [0.05, 0.1) is 6.54 Å². The first-order chi connectivity index (χ1) is 13.2. The summed E-state index contributed by atoms with van der Waals surface area (Å²) in [6.07, 6.45) is -1.86. The molecule has 1 aromatic rings. The summed E-state index contributed by atoms with van der Waals surface area (Å²) in [5, 5.41) is 12.0. The van der Waals surface area contributed by atoms with Gasteiger partial charge >= 0.3 is 12.1 Å². The maximum absolute atomic E-state index is 12.5. The lowest BCUT2D eigenvalue weighted by molar-refractivity contribution is -0.139. The molecule has 5 nitrogen and oxygen atoms in total. The van der Waals surface area contributed by atoms with E-state index < -0.39 is 18.6 Å². The van der Waals surface area contributed by atoms with E-state index in [0.29, 0.717) is 24.3 Å². The van der Waals surface area contributed by atoms with Crippen LogP contribution in [0, 0.1) is 5.92 Å². The number of alkyl halides is 3. The largest absolute Gasteiger partial charge is 0.480 e. The summed E-state index contributed by atoms with van der Waals surface area (Å²) in [6, 6.07) is 6.41. The van der Waals surface area contributed by atoms with Crippen LogP contribution in [0.4, 0.5) is 13.2 Å². The monoisotopic (exact) mass is 398 g/mol. The van der Waals surface area contributed by atoms with E-state index in [1.807, 2.05) is 4.90 Å². The maximum Gasteiger partial charge on any atom is 0.389 e. The minimum absolute atomic E-state index is 0.00209. The number of aliphatic carboxylic acids is 1. The van der Waals surface area contributed by atoms with Crippen molar-refractivity contribution in [1.82, 2.24) is 10.2 Å². The standard InChI is InChI=1S/C20H25F3N2O3/c21-20(22,23)8-7-14-3-1-2-4-17(14)19(28)24-15-9-16(10-15)25(12-18(26)27)11-13-5-6-13/h1-4,13,15-16H,5-12H2,(H,24,28)(H,26,27). The van der Waals surface area contributed by atoms with Gasteiger partial charge in [-0.05, 0) is 49.7 Å². The van der Waals surface area contributed by atoms with Gasteiger partial charge in [0.2, 0.25) is 0 Å². The van der Waals surface area contributed by atoms with Gasteiger partial charge in [-0.1, -0.05) is 18.2 Å². The molecule has 0 atom stereocenters. The molecule has 0 saturated heterocycles. The Morgan fingerprint density at radius 2 is 1.86 bits per heavy atom. The second-order valence-corrected chi connectivity index (χ2v) is 7.83. The average Bonchev–Trinajstić information content (AvgIpc) is 3.38. The summed E-state index contributed by atoms with van der Waals surface area (Å²) in [6.45, 7) is 0.778. The van der Waals surface area contributed by atoms with Crippen molar-refractivity contribution in [3.05, 3.63) is 35.4 Å². The fourth-order valence-electron chi connectivity index (χ4n) is 3.65. The molecule has 1 amide bonds. The van der Waals surface area contributed by atoms with Gasteiger partial charge in [0.15, 0.2) is 0 Å². The van der Waals surface area contributed by atoms with Crippen molar-refractivity contribution in [2.45, 2.75) is 56.8 Å². The number of hydrogen-bond donors (Lipinski definition) is 2. The summed E-state index contributed by atoms with van der Waals surface area (Å²) >= 11 is 0. The van der Waals surface area contributed by atoms with Crippen LogP contribution in [-0.2, 0) is 11.2 Å². The van der Waals surface area contributed by atoms with Crippen molar-refractivity contribution >= 4 is 11.9 Å². The summed E-state index contributed by atoms with van der Waals surface area (Å²) in [7, 11) is 0. The van der Waals surface area contributed by atoms with Crippen molar-refractivity contribution in [2.24, 2.45) is 5.92 Å². The second kappa shape index (κ2) is 8.51. The molecule has 0 unspecified atom stereocenters. The van der Waals surface area contributed by atoms with Crippen LogP contribution in [0.5, 0.6) is 0 Å². The molecule has 0 spiro atoms. The third-order valence-corrected chi connectivity index (χ3v) is 5.43. The normalized spacial score (nSPS) is 22.0. The lowest BCUT2D eigenvalue weighted by Gasteiger charge is -2.42. The quantitative estimate of drug-likeness (QED) is 0.670. The number of nitrogens with one attached hydrogen (secondary N) is 1. The SMILES string of the molecule is O=C(O)CN(CC1CC1)C1CC(NC(=O)c2ccccc2CCC(F)(F)F)C1. The summed E-state index contributed by atoms with van der Waals surface area (Å²) < 4.78 is 37.5. The maximum atomic E-state index is 12.5. The lowest BCUT2D eigenvalue weighted by Crippen LogP contribution is -2.55. The molecule has 2 fully saturated rings. The zero-order valence-electron chi connectivity index (χ0n) is 15.5. The Kier molecular flexibility index (Phi) is 6.27. The fourth-order valence-corrected chi connectivity index (χ4v) is 3.65. The van der Waals surface area contributed by atoms with Crippen molar-refractivity contribution in [3.8, 4) is 0 Å². The average molecular weight is 398 g/mol. The van der Waals surface area contributed by atoms with Crippen LogP contribution in [0.3, 0.4) is 0 Å². The first-order valence-corrected chi connectivity index (χ1v) is 9.62. The van der Waals surface area contributed by atoms with Crippen molar-refractivity contribution in [3.63, 3.8) is 0 Å². The molecule has 8 heteroatoms. The van der Waals surface area contributed by atoms with Crippen LogP contribution < -0.4 is 5.32 Å². The van der Waals surface area contributed by atoms with Gasteiger partial charge in [-0.15, -0.1) is 0 Å². The Balaban J connectivity index is 1.53. The van der Waals surface area contributed by atoms with E-state index in [1.54, 1.807) is 24.3 Å². The molecule has 0 radical (unpaired) electrons. The summed E-state index contributed by atoms with van der Waals surface area (Å²) in [5.41, 5.74) is 0.657. The van der Waals surface area contributed by atoms with E-state index in [-0.39, 0.29) is 36.5 Å². The zero-order chi connectivity index (χ0) is 20.3. The van der Waals surface area contributed by atoms with Gasteiger partial charge in [0, 0.05) is 30.6 Å². The molecule has 0 aromatic heterocycles. The van der Waals surface area contributed by atoms with E-state index in [2.05, 4.69) is 5.32 Å². The molecule has 2 saturated carbocycles. The number of benzene rings is 1. The molecule has 154 valence electrons. The molecule has 2 aliphatic rings. The molecule has 2 N–H and O–H groups in total. The smallest absolute Gasteiger partial charge is 0.389 e. The van der Waals surface area contributed by atoms with Crippen molar-refractivity contribution in [1.29, 1.82) is 0 Å². The van der Waals surface area contributed by atoms with Gasteiger partial charge in [0.1, 0.15) is 0 Å². The predicted molar refractivity (Wildman–Crippen MR) is 97.0 cm³/mol. The van der Waals surface area contributed by atoms with Crippen LogP contribution in [0.15, 0.2) is 24.3 Å². The number of halogens is 3. The Labute approximate surface area is 161 Å². The molecule has 2 aliphatic carbocycles. The number of nitrogens with zero attached hydrogens (tertiary/aromatic N) is 1. The van der Waals surface area contributed by atoms with Gasteiger partial charge in [-0.3, -0.25) is 14.5 Å². The molecule has 0 heterocycles. The first kappa shape index (κ1) is 20.6. The topological polar surface area (TPSA) is 69.6 Å². The van der Waals surface area contributed by atoms with Gasteiger partial charge in [-0.2, -0.15) is 13.2 Å². The first-order valence-electron chi connectivity index (χ1n) is 9.62. The molecule has 0 bridgehead atoms. The highest BCUT2D eigenvalue weighted by Gasteiger charge is 2.38. The number of aryl methyl sites for hydroxylation is 1. The number of hydrogen-bond acceptors (Lipinski definition) is 3. The van der Waals surface area contributed by atoms with Crippen LogP contribution in [-0.4, -0.2) is 53.2 Å². The van der Waals surface area contributed by atoms with Crippen molar-refractivity contribution in [2.75, 3.05) is 13.1 Å². The number of carboxylic acid groups (broad SMARTS) is 1. The van der Waals surface area contributed by atoms with Crippen molar-refractivity contribution < 1.29 is 27.9 Å². The highest BCUT2D eigenvalue weighted by Crippen LogP contribution is 2.34. The van der Waals surface area contributed by atoms with Crippen LogP contribution in [0.2, 0.25) is 0 Å². The van der Waals surface area contributed by atoms with Crippen LogP contribution in [0.1, 0.15) is 48.0 Å². The Bertz CT molecular complexity index is 713. The lowest BCUT2D eigenvalue weighted by atomic mass is 9.84. The number of amides is 1. The molecule has 1 aromatic carbocycles. The number of carboxylic acids is 1. The van der Waals surface area contributed by atoms with E-state index >= 15 is 0 Å². The van der Waals surface area contributed by atoms with E-state index in [0.717, 1.165) is 19.4 Å². The summed E-state index contributed by atoms with van der Waals surface area (Å²) in [4.78, 5) is 25.6. The molecular formula is C20H25F3N2O3. The van der Waals surface area contributed by atoms with E-state index in [9.17, 15) is 22.8 Å². The fraction of sp³-hybridized carbons (Fsp3) is 0.600. The third kappa shape index (κ3) is 5.95. The summed E-state index contributed by atoms with van der Waals surface area (Å²) in [5.74, 6) is -0.645. The number of carbonyl (C=O) groups is 2. The minimum Gasteiger partial charge on any atom is -0.480 e. The number of rotatable bonds is 9. The molecule has 3 rings (SSSR count).